The first-order chi connectivity index (χ1) is 7.24. The smallest absolute Gasteiger partial charge is 0.0461 e. The average molecular weight is 206 g/mol. The van der Waals surface area contributed by atoms with Crippen molar-refractivity contribution in [2.24, 2.45) is 11.8 Å². The topological polar surface area (TPSA) is 20.2 Å². The zero-order valence-corrected chi connectivity index (χ0v) is 9.82. The molecule has 15 heavy (non-hydrogen) atoms. The average Bonchev–Trinajstić information content (AvgIpc) is 2.25. The molecule has 0 aliphatic rings. The van der Waals surface area contributed by atoms with E-state index in [4.69, 9.17) is 0 Å². The van der Waals surface area contributed by atoms with Gasteiger partial charge in [0.25, 0.3) is 0 Å². The van der Waals surface area contributed by atoms with Gasteiger partial charge in [0.15, 0.2) is 0 Å². The van der Waals surface area contributed by atoms with Crippen molar-refractivity contribution in [1.82, 2.24) is 0 Å². The van der Waals surface area contributed by atoms with Gasteiger partial charge >= 0.3 is 0 Å². The molecule has 0 aliphatic carbocycles. The summed E-state index contributed by atoms with van der Waals surface area (Å²) in [5, 5.41) is 9.19. The van der Waals surface area contributed by atoms with Crippen molar-refractivity contribution in [1.29, 1.82) is 0 Å². The molecule has 1 nitrogen and oxygen atoms in total. The summed E-state index contributed by atoms with van der Waals surface area (Å²) in [6.07, 6.45) is 3.43. The van der Waals surface area contributed by atoms with Crippen LogP contribution >= 0.6 is 0 Å². The molecule has 0 radical (unpaired) electrons. The summed E-state index contributed by atoms with van der Waals surface area (Å²) in [7, 11) is 0. The minimum absolute atomic E-state index is 0.326. The predicted molar refractivity (Wildman–Crippen MR) is 64.8 cm³/mol. The number of aryl methyl sites for hydroxylation is 1. The second-order valence-corrected chi connectivity index (χ2v) is 4.56. The van der Waals surface area contributed by atoms with Crippen molar-refractivity contribution >= 4 is 0 Å². The molecule has 0 heterocycles. The van der Waals surface area contributed by atoms with Crippen LogP contribution in [0, 0.1) is 11.8 Å². The minimum Gasteiger partial charge on any atom is -0.396 e. The fourth-order valence-corrected chi connectivity index (χ4v) is 1.85. The molecule has 0 saturated heterocycles. The Morgan fingerprint density at radius 3 is 2.33 bits per heavy atom. The van der Waals surface area contributed by atoms with E-state index < -0.39 is 0 Å². The third-order valence-corrected chi connectivity index (χ3v) is 3.06. The van der Waals surface area contributed by atoms with Gasteiger partial charge in [0.2, 0.25) is 0 Å². The van der Waals surface area contributed by atoms with Crippen molar-refractivity contribution in [2.75, 3.05) is 6.61 Å². The molecule has 1 aromatic rings. The Balaban J connectivity index is 2.27. The Bertz CT molecular complexity index is 253. The van der Waals surface area contributed by atoms with Crippen molar-refractivity contribution in [2.45, 2.75) is 33.1 Å². The third kappa shape index (κ3) is 4.48. The van der Waals surface area contributed by atoms with E-state index in [1.165, 1.54) is 12.0 Å². The lowest BCUT2D eigenvalue weighted by Crippen LogP contribution is -2.13. The highest BCUT2D eigenvalue weighted by Gasteiger charge is 2.11. The highest BCUT2D eigenvalue weighted by Crippen LogP contribution is 2.17. The zero-order valence-electron chi connectivity index (χ0n) is 9.82. The van der Waals surface area contributed by atoms with Crippen LogP contribution in [0.4, 0.5) is 0 Å². The van der Waals surface area contributed by atoms with Gasteiger partial charge in [-0.3, -0.25) is 0 Å². The first kappa shape index (κ1) is 12.3. The summed E-state index contributed by atoms with van der Waals surface area (Å²) in [6, 6.07) is 10.6. The minimum atomic E-state index is 0.326. The fourth-order valence-electron chi connectivity index (χ4n) is 1.85. The number of hydrogen-bond donors (Lipinski definition) is 1. The Hall–Kier alpha value is -0.820. The molecular weight excluding hydrogens is 184 g/mol. The van der Waals surface area contributed by atoms with Gasteiger partial charge < -0.3 is 5.11 Å². The number of hydrogen-bond acceptors (Lipinski definition) is 1. The third-order valence-electron chi connectivity index (χ3n) is 3.06. The Morgan fingerprint density at radius 1 is 1.13 bits per heavy atom. The summed E-state index contributed by atoms with van der Waals surface area (Å²) in [6.45, 7) is 4.69. The van der Waals surface area contributed by atoms with Crippen LogP contribution in [0.5, 0.6) is 0 Å². The van der Waals surface area contributed by atoms with Gasteiger partial charge in [-0.25, -0.2) is 0 Å². The lowest BCUT2D eigenvalue weighted by atomic mass is 9.90. The highest BCUT2D eigenvalue weighted by atomic mass is 16.3. The molecular formula is C14H22O. The van der Waals surface area contributed by atoms with Gasteiger partial charge in [0, 0.05) is 6.61 Å². The van der Waals surface area contributed by atoms with Crippen LogP contribution < -0.4 is 0 Å². The Morgan fingerprint density at radius 2 is 1.80 bits per heavy atom. The summed E-state index contributed by atoms with van der Waals surface area (Å²) in [4.78, 5) is 0. The fraction of sp³-hybridized carbons (Fsp3) is 0.571. The summed E-state index contributed by atoms with van der Waals surface area (Å²) >= 11 is 0. The number of aliphatic hydroxyl groups is 1. The van der Waals surface area contributed by atoms with E-state index in [1.807, 2.05) is 6.07 Å². The van der Waals surface area contributed by atoms with Gasteiger partial charge in [0.1, 0.15) is 0 Å². The number of benzene rings is 1. The van der Waals surface area contributed by atoms with Crippen LogP contribution in [0.2, 0.25) is 0 Å². The van der Waals surface area contributed by atoms with E-state index in [2.05, 4.69) is 38.1 Å². The van der Waals surface area contributed by atoms with Gasteiger partial charge in [-0.05, 0) is 36.7 Å². The second kappa shape index (κ2) is 6.62. The van der Waals surface area contributed by atoms with E-state index in [0.717, 1.165) is 12.8 Å². The Labute approximate surface area is 93.1 Å². The Kier molecular flexibility index (Phi) is 5.41. The standard InChI is InChI=1S/C14H22O/c1-12(2)14(11-15)10-6-9-13-7-4-3-5-8-13/h3-5,7-8,12,14-15H,6,9-11H2,1-2H3. The molecule has 0 bridgehead atoms. The molecule has 1 unspecified atom stereocenters. The van der Waals surface area contributed by atoms with Crippen LogP contribution in [-0.2, 0) is 6.42 Å². The van der Waals surface area contributed by atoms with E-state index in [1.54, 1.807) is 0 Å². The SMILES string of the molecule is CC(C)C(CO)CCCc1ccccc1. The van der Waals surface area contributed by atoms with Crippen molar-refractivity contribution in [3.05, 3.63) is 35.9 Å². The first-order valence-electron chi connectivity index (χ1n) is 5.88. The van der Waals surface area contributed by atoms with Crippen LogP contribution in [0.25, 0.3) is 0 Å². The molecule has 1 heteroatoms. The maximum absolute atomic E-state index is 9.19. The molecule has 1 atom stereocenters. The molecule has 84 valence electrons. The second-order valence-electron chi connectivity index (χ2n) is 4.56. The molecule has 0 amide bonds. The first-order valence-corrected chi connectivity index (χ1v) is 5.88. The van der Waals surface area contributed by atoms with E-state index in [-0.39, 0.29) is 0 Å². The van der Waals surface area contributed by atoms with Crippen molar-refractivity contribution in [3.63, 3.8) is 0 Å². The summed E-state index contributed by atoms with van der Waals surface area (Å²) in [5.74, 6) is 1.06. The maximum atomic E-state index is 9.19. The van der Waals surface area contributed by atoms with Gasteiger partial charge in [-0.15, -0.1) is 0 Å². The van der Waals surface area contributed by atoms with E-state index in [0.29, 0.717) is 18.4 Å². The molecule has 1 N–H and O–H groups in total. The maximum Gasteiger partial charge on any atom is 0.0461 e. The lowest BCUT2D eigenvalue weighted by Gasteiger charge is -2.17. The van der Waals surface area contributed by atoms with Gasteiger partial charge in [0.05, 0.1) is 0 Å². The zero-order chi connectivity index (χ0) is 11.1. The number of rotatable bonds is 6. The summed E-state index contributed by atoms with van der Waals surface area (Å²) < 4.78 is 0. The van der Waals surface area contributed by atoms with Crippen LogP contribution in [0.15, 0.2) is 30.3 Å². The van der Waals surface area contributed by atoms with E-state index >= 15 is 0 Å². The molecule has 0 fully saturated rings. The number of aliphatic hydroxyl groups excluding tert-OH is 1. The molecule has 0 spiro atoms. The molecule has 0 saturated carbocycles. The summed E-state index contributed by atoms with van der Waals surface area (Å²) in [5.41, 5.74) is 1.40. The molecule has 1 rings (SSSR count). The van der Waals surface area contributed by atoms with Crippen molar-refractivity contribution in [3.8, 4) is 0 Å². The van der Waals surface area contributed by atoms with Gasteiger partial charge in [-0.2, -0.15) is 0 Å². The largest absolute Gasteiger partial charge is 0.396 e. The normalized spacial score (nSPS) is 13.1. The molecule has 1 aromatic carbocycles. The highest BCUT2D eigenvalue weighted by molar-refractivity contribution is 5.14. The molecule has 0 aliphatic heterocycles. The monoisotopic (exact) mass is 206 g/mol. The van der Waals surface area contributed by atoms with Crippen molar-refractivity contribution < 1.29 is 5.11 Å². The van der Waals surface area contributed by atoms with Crippen LogP contribution in [0.3, 0.4) is 0 Å². The van der Waals surface area contributed by atoms with Crippen LogP contribution in [0.1, 0.15) is 32.3 Å². The quantitative estimate of drug-likeness (QED) is 0.757. The van der Waals surface area contributed by atoms with Crippen LogP contribution in [-0.4, -0.2) is 11.7 Å². The molecule has 0 aromatic heterocycles. The van der Waals surface area contributed by atoms with Gasteiger partial charge in [-0.1, -0.05) is 44.2 Å². The lowest BCUT2D eigenvalue weighted by molar-refractivity contribution is 0.179. The predicted octanol–water partition coefficient (Wildman–Crippen LogP) is 3.27. The van der Waals surface area contributed by atoms with E-state index in [9.17, 15) is 5.11 Å².